The first-order valence-electron chi connectivity index (χ1n) is 5.71. The monoisotopic (exact) mass is 243 g/mol. The van der Waals surface area contributed by atoms with Crippen molar-refractivity contribution in [3.8, 4) is 0 Å². The highest BCUT2D eigenvalue weighted by molar-refractivity contribution is 5.85. The number of hydrogen-bond acceptors (Lipinski definition) is 2. The summed E-state index contributed by atoms with van der Waals surface area (Å²) < 4.78 is 0. The average molecular weight is 244 g/mol. The Morgan fingerprint density at radius 1 is 1.00 bits per heavy atom. The molecule has 16 heavy (non-hydrogen) atoms. The molecule has 0 bridgehead atoms. The molecule has 0 N–H and O–H groups in total. The normalized spacial score (nSPS) is 8.38. The highest BCUT2D eigenvalue weighted by Crippen LogP contribution is 2.00. The van der Waals surface area contributed by atoms with Gasteiger partial charge in [0, 0.05) is 18.5 Å². The zero-order valence-electron chi connectivity index (χ0n) is 10.2. The Kier molecular flexibility index (Phi) is 15.4. The van der Waals surface area contributed by atoms with Gasteiger partial charge in [0.2, 0.25) is 0 Å². The smallest absolute Gasteiger partial charge is 0.180 e. The second-order valence-corrected chi connectivity index (χ2v) is 3.44. The van der Waals surface area contributed by atoms with Crippen LogP contribution in [0.25, 0.3) is 0 Å². The van der Waals surface area contributed by atoms with Crippen LogP contribution in [-0.4, -0.2) is 4.98 Å². The molecule has 1 rings (SSSR count). The van der Waals surface area contributed by atoms with Crippen molar-refractivity contribution < 1.29 is 0 Å². The van der Waals surface area contributed by atoms with Gasteiger partial charge in [-0.15, -0.1) is 12.4 Å². The molecular formula is C13H22ClNO. The Balaban J connectivity index is 0. The molecule has 0 amide bonds. The zero-order chi connectivity index (χ0) is 11.4. The minimum absolute atomic E-state index is 0. The van der Waals surface area contributed by atoms with E-state index in [0.29, 0.717) is 0 Å². The Morgan fingerprint density at radius 2 is 1.62 bits per heavy atom. The first-order chi connectivity index (χ1) is 7.31. The Bertz CT molecular complexity index is 265. The lowest BCUT2D eigenvalue weighted by Gasteiger charge is -1.90. The van der Waals surface area contributed by atoms with E-state index >= 15 is 0 Å². The zero-order valence-corrected chi connectivity index (χ0v) is 11.0. The topological polar surface area (TPSA) is 30.0 Å². The summed E-state index contributed by atoms with van der Waals surface area (Å²) in [6, 6.07) is 4.50. The van der Waals surface area contributed by atoms with Crippen LogP contribution in [0, 0.1) is 0 Å². The molecule has 0 unspecified atom stereocenters. The standard InChI is InChI=1S/C7H16.C6H5NO.ClH/c1-3-5-7-6-4-2;8-6-2-1-4-7-5-3-6;/h3-7H2,1-2H3;1-5H;1H. The molecule has 92 valence electrons. The van der Waals surface area contributed by atoms with Crippen LogP contribution in [0.4, 0.5) is 0 Å². The fourth-order valence-electron chi connectivity index (χ4n) is 1.09. The molecule has 2 nitrogen and oxygen atoms in total. The van der Waals surface area contributed by atoms with Crippen molar-refractivity contribution >= 4 is 12.4 Å². The molecule has 1 aromatic heterocycles. The molecular weight excluding hydrogens is 222 g/mol. The molecule has 1 aromatic rings. The Hall–Kier alpha value is -0.890. The van der Waals surface area contributed by atoms with Crippen LogP contribution in [0.5, 0.6) is 0 Å². The maximum atomic E-state index is 10.4. The third-order valence-electron chi connectivity index (χ3n) is 1.96. The molecule has 0 saturated heterocycles. The van der Waals surface area contributed by atoms with Crippen molar-refractivity contribution in [3.05, 3.63) is 40.8 Å². The third kappa shape index (κ3) is 13.1. The number of aromatic nitrogens is 1. The van der Waals surface area contributed by atoms with Gasteiger partial charge >= 0.3 is 0 Å². The van der Waals surface area contributed by atoms with E-state index in [4.69, 9.17) is 0 Å². The van der Waals surface area contributed by atoms with Crippen LogP contribution >= 0.6 is 12.4 Å². The summed E-state index contributed by atoms with van der Waals surface area (Å²) in [5.74, 6) is 0. The lowest BCUT2D eigenvalue weighted by molar-refractivity contribution is 0.656. The summed E-state index contributed by atoms with van der Waals surface area (Å²) in [7, 11) is 0. The van der Waals surface area contributed by atoms with E-state index in [-0.39, 0.29) is 17.8 Å². The summed E-state index contributed by atoms with van der Waals surface area (Å²) in [6.45, 7) is 4.49. The van der Waals surface area contributed by atoms with E-state index in [1.807, 2.05) is 0 Å². The quantitative estimate of drug-likeness (QED) is 0.752. The SMILES string of the molecule is CCCCCCC.Cl.O=c1cccncc1. The van der Waals surface area contributed by atoms with Gasteiger partial charge in [0.25, 0.3) is 0 Å². The number of halogens is 1. The maximum Gasteiger partial charge on any atom is 0.180 e. The van der Waals surface area contributed by atoms with E-state index in [2.05, 4.69) is 18.8 Å². The fraction of sp³-hybridized carbons (Fsp3) is 0.538. The van der Waals surface area contributed by atoms with E-state index in [0.717, 1.165) is 0 Å². The summed E-state index contributed by atoms with van der Waals surface area (Å²) in [5.41, 5.74) is -0.0116. The summed E-state index contributed by atoms with van der Waals surface area (Å²) in [4.78, 5) is 14.1. The molecule has 0 aliphatic carbocycles. The second-order valence-electron chi connectivity index (χ2n) is 3.44. The van der Waals surface area contributed by atoms with Gasteiger partial charge in [-0.05, 0) is 12.1 Å². The number of rotatable bonds is 4. The lowest BCUT2D eigenvalue weighted by Crippen LogP contribution is -1.87. The van der Waals surface area contributed by atoms with Crippen molar-refractivity contribution in [2.75, 3.05) is 0 Å². The van der Waals surface area contributed by atoms with Crippen LogP contribution in [0.15, 0.2) is 35.4 Å². The summed E-state index contributed by atoms with van der Waals surface area (Å²) in [6.07, 6.45) is 10.1. The highest BCUT2D eigenvalue weighted by atomic mass is 35.5. The van der Waals surface area contributed by atoms with Gasteiger partial charge in [-0.1, -0.05) is 46.0 Å². The van der Waals surface area contributed by atoms with Gasteiger partial charge in [-0.3, -0.25) is 9.78 Å². The van der Waals surface area contributed by atoms with Gasteiger partial charge in [0.05, 0.1) is 0 Å². The minimum Gasteiger partial charge on any atom is -0.290 e. The van der Waals surface area contributed by atoms with Gasteiger partial charge in [0.1, 0.15) is 0 Å². The molecule has 0 aliphatic rings. The molecule has 0 spiro atoms. The Morgan fingerprint density at radius 3 is 2.19 bits per heavy atom. The van der Waals surface area contributed by atoms with Crippen molar-refractivity contribution in [1.29, 1.82) is 0 Å². The van der Waals surface area contributed by atoms with Crippen LogP contribution in [0.3, 0.4) is 0 Å². The maximum absolute atomic E-state index is 10.4. The first kappa shape index (κ1) is 17.5. The van der Waals surface area contributed by atoms with Crippen LogP contribution in [-0.2, 0) is 0 Å². The predicted octanol–water partition coefficient (Wildman–Crippen LogP) is 3.84. The van der Waals surface area contributed by atoms with E-state index in [9.17, 15) is 4.79 Å². The van der Waals surface area contributed by atoms with Gasteiger partial charge < -0.3 is 0 Å². The van der Waals surface area contributed by atoms with Crippen LogP contribution < -0.4 is 5.43 Å². The summed E-state index contributed by atoms with van der Waals surface area (Å²) in [5, 5.41) is 0. The van der Waals surface area contributed by atoms with Gasteiger partial charge in [0.15, 0.2) is 5.43 Å². The minimum atomic E-state index is -0.0116. The third-order valence-corrected chi connectivity index (χ3v) is 1.96. The Labute approximate surface area is 105 Å². The summed E-state index contributed by atoms with van der Waals surface area (Å²) >= 11 is 0. The number of hydrogen-bond donors (Lipinski definition) is 0. The van der Waals surface area contributed by atoms with E-state index in [1.165, 1.54) is 50.4 Å². The largest absolute Gasteiger partial charge is 0.290 e. The van der Waals surface area contributed by atoms with E-state index in [1.54, 1.807) is 12.3 Å². The number of unbranched alkanes of at least 4 members (excludes halogenated alkanes) is 4. The second kappa shape index (κ2) is 14.1. The number of nitrogens with zero attached hydrogens (tertiary/aromatic N) is 1. The van der Waals surface area contributed by atoms with Crippen molar-refractivity contribution in [2.24, 2.45) is 0 Å². The molecule has 3 heteroatoms. The fourth-order valence-corrected chi connectivity index (χ4v) is 1.09. The van der Waals surface area contributed by atoms with Gasteiger partial charge in [-0.25, -0.2) is 0 Å². The average Bonchev–Trinajstić information content (AvgIpc) is 2.48. The van der Waals surface area contributed by atoms with Crippen molar-refractivity contribution in [1.82, 2.24) is 4.98 Å². The molecule has 0 atom stereocenters. The first-order valence-corrected chi connectivity index (χ1v) is 5.71. The van der Waals surface area contributed by atoms with Crippen LogP contribution in [0.2, 0.25) is 0 Å². The van der Waals surface area contributed by atoms with Crippen molar-refractivity contribution in [3.63, 3.8) is 0 Å². The molecule has 0 saturated carbocycles. The molecule has 0 aliphatic heterocycles. The molecule has 0 aromatic carbocycles. The molecule has 0 fully saturated rings. The van der Waals surface area contributed by atoms with Crippen LogP contribution in [0.1, 0.15) is 46.0 Å². The van der Waals surface area contributed by atoms with Gasteiger partial charge in [-0.2, -0.15) is 0 Å². The predicted molar refractivity (Wildman–Crippen MR) is 72.2 cm³/mol. The molecule has 0 radical (unpaired) electrons. The highest BCUT2D eigenvalue weighted by Gasteiger charge is 1.80. The van der Waals surface area contributed by atoms with E-state index < -0.39 is 0 Å². The molecule has 1 heterocycles. The lowest BCUT2D eigenvalue weighted by atomic mass is 10.2. The van der Waals surface area contributed by atoms with Crippen molar-refractivity contribution in [2.45, 2.75) is 46.0 Å².